The number of nitrogens with zero attached hydrogens (tertiary/aromatic N) is 3. The van der Waals surface area contributed by atoms with E-state index in [1.165, 1.54) is 0 Å². The normalized spacial score (nSPS) is 22.8. The van der Waals surface area contributed by atoms with E-state index in [0.29, 0.717) is 0 Å². The van der Waals surface area contributed by atoms with E-state index in [1.54, 1.807) is 0 Å². The van der Waals surface area contributed by atoms with Crippen molar-refractivity contribution >= 4 is 5.82 Å². The molecule has 3 heterocycles. The minimum Gasteiger partial charge on any atom is -0.352 e. The Kier molecular flexibility index (Phi) is 4.12. The minimum atomic E-state index is -0.493. The molecule has 4 rings (SSSR count). The van der Waals surface area contributed by atoms with Gasteiger partial charge in [0.1, 0.15) is 0 Å². The van der Waals surface area contributed by atoms with Gasteiger partial charge >= 0.3 is 0 Å². The molecular weight excluding hydrogens is 310 g/mol. The van der Waals surface area contributed by atoms with Crippen LogP contribution in [0.5, 0.6) is 0 Å². The highest BCUT2D eigenvalue weighted by Gasteiger charge is 2.35. The van der Waals surface area contributed by atoms with Crippen LogP contribution in [0, 0.1) is 12.3 Å². The molecule has 5 heteroatoms. The SMILES string of the molecule is C#CC1(c2[nH]nc(N3CCNCC3)c2-c2ccncc2)C=CC=CC1. The van der Waals surface area contributed by atoms with Crippen LogP contribution >= 0.6 is 0 Å². The summed E-state index contributed by atoms with van der Waals surface area (Å²) in [6.07, 6.45) is 18.6. The van der Waals surface area contributed by atoms with Gasteiger partial charge < -0.3 is 10.2 Å². The van der Waals surface area contributed by atoms with Crippen molar-refractivity contribution in [3.63, 3.8) is 0 Å². The highest BCUT2D eigenvalue weighted by molar-refractivity contribution is 5.80. The zero-order valence-corrected chi connectivity index (χ0v) is 14.1. The zero-order valence-electron chi connectivity index (χ0n) is 14.1. The van der Waals surface area contributed by atoms with Crippen LogP contribution in [0.25, 0.3) is 11.1 Å². The monoisotopic (exact) mass is 331 g/mol. The first-order chi connectivity index (χ1) is 12.3. The van der Waals surface area contributed by atoms with Gasteiger partial charge in [0.2, 0.25) is 0 Å². The molecular formula is C20H21N5. The number of H-pyrrole nitrogens is 1. The molecule has 1 atom stereocenters. The highest BCUT2D eigenvalue weighted by atomic mass is 15.3. The quantitative estimate of drug-likeness (QED) is 0.847. The molecule has 0 amide bonds. The van der Waals surface area contributed by atoms with Crippen LogP contribution in [0.1, 0.15) is 12.1 Å². The molecule has 1 aliphatic heterocycles. The topological polar surface area (TPSA) is 56.8 Å². The van der Waals surface area contributed by atoms with Crippen LogP contribution in [-0.4, -0.2) is 41.4 Å². The van der Waals surface area contributed by atoms with E-state index in [4.69, 9.17) is 6.42 Å². The van der Waals surface area contributed by atoms with Gasteiger partial charge in [0.15, 0.2) is 5.82 Å². The molecule has 126 valence electrons. The summed E-state index contributed by atoms with van der Waals surface area (Å²) in [5.74, 6) is 3.98. The lowest BCUT2D eigenvalue weighted by molar-refractivity contribution is 0.585. The lowest BCUT2D eigenvalue weighted by Crippen LogP contribution is -2.44. The molecule has 0 bridgehead atoms. The number of hydrogen-bond donors (Lipinski definition) is 2. The molecule has 0 saturated carbocycles. The third-order valence-corrected chi connectivity index (χ3v) is 4.90. The second-order valence-corrected chi connectivity index (χ2v) is 6.38. The van der Waals surface area contributed by atoms with Crippen molar-refractivity contribution in [1.82, 2.24) is 20.5 Å². The molecule has 1 unspecified atom stereocenters. The third kappa shape index (κ3) is 2.75. The molecule has 1 saturated heterocycles. The van der Waals surface area contributed by atoms with Crippen LogP contribution in [0.4, 0.5) is 5.82 Å². The number of rotatable bonds is 3. The van der Waals surface area contributed by atoms with E-state index >= 15 is 0 Å². The van der Waals surface area contributed by atoms with Crippen molar-refractivity contribution in [2.75, 3.05) is 31.1 Å². The van der Waals surface area contributed by atoms with Gasteiger partial charge in [-0.3, -0.25) is 10.1 Å². The molecule has 0 aromatic carbocycles. The lowest BCUT2D eigenvalue weighted by atomic mass is 9.77. The van der Waals surface area contributed by atoms with Crippen LogP contribution in [0.2, 0.25) is 0 Å². The standard InChI is InChI=1S/C20H21N5/c1-2-20(8-4-3-5-9-20)18-17(16-6-10-21-11-7-16)19(24-23-18)25-14-12-22-13-15-25/h1,3-8,10-11,22H,9,12-15H2,(H,23,24). The Bertz CT molecular complexity index is 837. The van der Waals surface area contributed by atoms with Crippen LogP contribution < -0.4 is 10.2 Å². The summed E-state index contributed by atoms with van der Waals surface area (Å²) in [4.78, 5) is 6.48. The van der Waals surface area contributed by atoms with E-state index in [1.807, 2.05) is 36.7 Å². The van der Waals surface area contributed by atoms with Gasteiger partial charge in [-0.1, -0.05) is 30.2 Å². The van der Waals surface area contributed by atoms with Gasteiger partial charge in [-0.2, -0.15) is 5.10 Å². The summed E-state index contributed by atoms with van der Waals surface area (Å²) in [5.41, 5.74) is 2.66. The number of hydrogen-bond acceptors (Lipinski definition) is 4. The van der Waals surface area contributed by atoms with Gasteiger partial charge in [-0.25, -0.2) is 0 Å². The van der Waals surface area contributed by atoms with E-state index < -0.39 is 5.41 Å². The third-order valence-electron chi connectivity index (χ3n) is 4.90. The van der Waals surface area contributed by atoms with Gasteiger partial charge in [0.05, 0.1) is 11.1 Å². The van der Waals surface area contributed by atoms with E-state index in [9.17, 15) is 0 Å². The minimum absolute atomic E-state index is 0.493. The first kappa shape index (κ1) is 15.7. The lowest BCUT2D eigenvalue weighted by Gasteiger charge is -2.30. The first-order valence-corrected chi connectivity index (χ1v) is 8.61. The largest absolute Gasteiger partial charge is 0.352 e. The number of pyridine rings is 1. The predicted molar refractivity (Wildman–Crippen MR) is 100 cm³/mol. The summed E-state index contributed by atoms with van der Waals surface area (Å²) in [7, 11) is 0. The summed E-state index contributed by atoms with van der Waals surface area (Å²) < 4.78 is 0. The van der Waals surface area contributed by atoms with Crippen molar-refractivity contribution in [3.8, 4) is 23.5 Å². The highest BCUT2D eigenvalue weighted by Crippen LogP contribution is 2.41. The fraction of sp³-hybridized carbons (Fsp3) is 0.300. The van der Waals surface area contributed by atoms with Crippen LogP contribution in [0.15, 0.2) is 48.8 Å². The fourth-order valence-corrected chi connectivity index (χ4v) is 3.54. The maximum Gasteiger partial charge on any atom is 0.158 e. The number of aromatic amines is 1. The van der Waals surface area contributed by atoms with Gasteiger partial charge in [0, 0.05) is 44.1 Å². The molecule has 1 aliphatic carbocycles. The second kappa shape index (κ2) is 6.58. The number of terminal acetylenes is 1. The van der Waals surface area contributed by atoms with E-state index in [2.05, 4.69) is 43.5 Å². The summed E-state index contributed by atoms with van der Waals surface area (Å²) in [6, 6.07) is 4.04. The van der Waals surface area contributed by atoms with Crippen molar-refractivity contribution in [3.05, 3.63) is 54.5 Å². The Morgan fingerprint density at radius 1 is 1.16 bits per heavy atom. The van der Waals surface area contributed by atoms with Gasteiger partial charge in [-0.15, -0.1) is 6.42 Å². The average molecular weight is 331 g/mol. The summed E-state index contributed by atoms with van der Waals surface area (Å²) >= 11 is 0. The van der Waals surface area contributed by atoms with Crippen molar-refractivity contribution in [1.29, 1.82) is 0 Å². The van der Waals surface area contributed by atoms with Gasteiger partial charge in [-0.05, 0) is 24.1 Å². The summed E-state index contributed by atoms with van der Waals surface area (Å²) in [6.45, 7) is 3.78. The van der Waals surface area contributed by atoms with Crippen LogP contribution in [-0.2, 0) is 5.41 Å². The maximum atomic E-state index is 5.99. The Labute approximate surface area is 147 Å². The maximum absolute atomic E-state index is 5.99. The molecule has 0 spiro atoms. The molecule has 2 aliphatic rings. The molecule has 2 aromatic heterocycles. The Morgan fingerprint density at radius 2 is 1.96 bits per heavy atom. The van der Waals surface area contributed by atoms with Crippen molar-refractivity contribution in [2.24, 2.45) is 0 Å². The molecule has 2 aromatic rings. The number of aromatic nitrogens is 3. The smallest absolute Gasteiger partial charge is 0.158 e. The Balaban J connectivity index is 1.88. The predicted octanol–water partition coefficient (Wildman–Crippen LogP) is 2.27. The fourth-order valence-electron chi connectivity index (χ4n) is 3.54. The first-order valence-electron chi connectivity index (χ1n) is 8.61. The molecule has 25 heavy (non-hydrogen) atoms. The van der Waals surface area contributed by atoms with Gasteiger partial charge in [0.25, 0.3) is 0 Å². The second-order valence-electron chi connectivity index (χ2n) is 6.38. The Hall–Kier alpha value is -2.84. The van der Waals surface area contributed by atoms with E-state index in [-0.39, 0.29) is 0 Å². The average Bonchev–Trinajstić information content (AvgIpc) is 3.15. The van der Waals surface area contributed by atoms with Crippen molar-refractivity contribution < 1.29 is 0 Å². The number of piperazine rings is 1. The summed E-state index contributed by atoms with van der Waals surface area (Å²) in [5, 5.41) is 11.3. The van der Waals surface area contributed by atoms with Crippen LogP contribution in [0.3, 0.4) is 0 Å². The van der Waals surface area contributed by atoms with E-state index in [0.717, 1.165) is 55.2 Å². The molecule has 2 N–H and O–H groups in total. The number of nitrogens with one attached hydrogen (secondary N) is 2. The zero-order chi connectivity index (χ0) is 17.1. The van der Waals surface area contributed by atoms with Crippen molar-refractivity contribution in [2.45, 2.75) is 11.8 Å². The Morgan fingerprint density at radius 3 is 2.64 bits per heavy atom. The number of allylic oxidation sites excluding steroid dienone is 4. The number of anilines is 1. The molecule has 0 radical (unpaired) electrons. The molecule has 5 nitrogen and oxygen atoms in total. The molecule has 1 fully saturated rings.